The minimum Gasteiger partial charge on any atom is -0.497 e. The molecule has 0 spiro atoms. The molecule has 1 N–H and O–H groups in total. The molecule has 100 valence electrons. The van der Waals surface area contributed by atoms with Gasteiger partial charge in [0.25, 0.3) is 0 Å². The zero-order valence-corrected chi connectivity index (χ0v) is 10.8. The summed E-state index contributed by atoms with van der Waals surface area (Å²) in [5.74, 6) is -0.967. The van der Waals surface area contributed by atoms with Gasteiger partial charge < -0.3 is 10.1 Å². The zero-order valence-electron chi connectivity index (χ0n) is 10.8. The molecule has 1 atom stereocenters. The van der Waals surface area contributed by atoms with Crippen molar-refractivity contribution in [1.82, 2.24) is 5.32 Å². The fourth-order valence-electron chi connectivity index (χ4n) is 2.04. The highest BCUT2D eigenvalue weighted by atomic mass is 19.2. The van der Waals surface area contributed by atoms with Crippen LogP contribution >= 0.6 is 0 Å². The second-order valence-corrected chi connectivity index (χ2v) is 4.17. The summed E-state index contributed by atoms with van der Waals surface area (Å²) in [4.78, 5) is 0. The number of nitrogens with one attached hydrogen (secondary N) is 1. The summed E-state index contributed by atoms with van der Waals surface area (Å²) in [5, 5.41) is 3.09. The van der Waals surface area contributed by atoms with E-state index in [9.17, 15) is 8.78 Å². The molecule has 2 nitrogen and oxygen atoms in total. The van der Waals surface area contributed by atoms with E-state index in [2.05, 4.69) is 5.32 Å². The molecule has 0 saturated heterocycles. The van der Waals surface area contributed by atoms with Crippen molar-refractivity contribution in [3.63, 3.8) is 0 Å². The third-order valence-corrected chi connectivity index (χ3v) is 2.99. The Balaban J connectivity index is 2.40. The molecule has 0 aliphatic rings. The predicted octanol–water partition coefficient (Wildman–Crippen LogP) is 3.28. The van der Waals surface area contributed by atoms with Gasteiger partial charge in [-0.05, 0) is 42.4 Å². The smallest absolute Gasteiger partial charge is 0.159 e. The molecule has 2 aromatic carbocycles. The van der Waals surface area contributed by atoms with Crippen molar-refractivity contribution in [3.8, 4) is 5.75 Å². The highest BCUT2D eigenvalue weighted by Crippen LogP contribution is 2.25. The molecule has 0 saturated carbocycles. The third kappa shape index (κ3) is 2.90. The molecule has 19 heavy (non-hydrogen) atoms. The average molecular weight is 263 g/mol. The molecule has 2 rings (SSSR count). The maximum atomic E-state index is 13.3. The second-order valence-electron chi connectivity index (χ2n) is 4.17. The largest absolute Gasteiger partial charge is 0.497 e. The molecule has 0 amide bonds. The van der Waals surface area contributed by atoms with Gasteiger partial charge in [-0.1, -0.05) is 18.2 Å². The van der Waals surface area contributed by atoms with E-state index in [0.717, 1.165) is 17.4 Å². The van der Waals surface area contributed by atoms with Crippen LogP contribution in [0.4, 0.5) is 8.78 Å². The minimum atomic E-state index is -0.847. The van der Waals surface area contributed by atoms with Crippen molar-refractivity contribution >= 4 is 0 Å². The topological polar surface area (TPSA) is 21.3 Å². The van der Waals surface area contributed by atoms with Crippen LogP contribution in [0.1, 0.15) is 17.2 Å². The normalized spacial score (nSPS) is 12.2. The van der Waals surface area contributed by atoms with E-state index in [1.165, 1.54) is 6.07 Å². The van der Waals surface area contributed by atoms with Crippen LogP contribution in [0, 0.1) is 11.6 Å². The third-order valence-electron chi connectivity index (χ3n) is 2.99. The van der Waals surface area contributed by atoms with Crippen LogP contribution in [0.2, 0.25) is 0 Å². The standard InChI is InChI=1S/C15H15F2NO/c1-18-15(10-4-3-5-12(8-10)19-2)11-6-7-13(16)14(17)9-11/h3-9,15,18H,1-2H3. The van der Waals surface area contributed by atoms with E-state index in [0.29, 0.717) is 5.56 Å². The van der Waals surface area contributed by atoms with Crippen molar-refractivity contribution < 1.29 is 13.5 Å². The number of ether oxygens (including phenoxy) is 1. The monoisotopic (exact) mass is 263 g/mol. The summed E-state index contributed by atoms with van der Waals surface area (Å²) < 4.78 is 31.4. The summed E-state index contributed by atoms with van der Waals surface area (Å²) in [7, 11) is 3.36. The quantitative estimate of drug-likeness (QED) is 0.914. The van der Waals surface area contributed by atoms with Gasteiger partial charge in [0.15, 0.2) is 11.6 Å². The van der Waals surface area contributed by atoms with Crippen molar-refractivity contribution in [1.29, 1.82) is 0 Å². The fraction of sp³-hybridized carbons (Fsp3) is 0.200. The summed E-state index contributed by atoms with van der Waals surface area (Å²) in [6.45, 7) is 0. The van der Waals surface area contributed by atoms with Crippen LogP contribution in [-0.4, -0.2) is 14.2 Å². The number of methoxy groups -OCH3 is 1. The molecular weight excluding hydrogens is 248 g/mol. The van der Waals surface area contributed by atoms with Gasteiger partial charge in [-0.25, -0.2) is 8.78 Å². The molecule has 0 aliphatic carbocycles. The molecular formula is C15H15F2NO. The maximum absolute atomic E-state index is 13.3. The molecule has 1 unspecified atom stereocenters. The van der Waals surface area contributed by atoms with Crippen molar-refractivity contribution in [2.24, 2.45) is 0 Å². The molecule has 0 heterocycles. The van der Waals surface area contributed by atoms with E-state index in [-0.39, 0.29) is 6.04 Å². The first-order chi connectivity index (χ1) is 9.15. The van der Waals surface area contributed by atoms with Crippen LogP contribution in [-0.2, 0) is 0 Å². The minimum absolute atomic E-state index is 0.217. The van der Waals surface area contributed by atoms with E-state index >= 15 is 0 Å². The van der Waals surface area contributed by atoms with Crippen molar-refractivity contribution in [2.45, 2.75) is 6.04 Å². The van der Waals surface area contributed by atoms with E-state index in [4.69, 9.17) is 4.74 Å². The van der Waals surface area contributed by atoms with Crippen molar-refractivity contribution in [2.75, 3.05) is 14.2 Å². The zero-order chi connectivity index (χ0) is 13.8. The first kappa shape index (κ1) is 13.5. The summed E-state index contributed by atoms with van der Waals surface area (Å²) in [5.41, 5.74) is 1.59. The Kier molecular flexibility index (Phi) is 4.12. The van der Waals surface area contributed by atoms with Gasteiger partial charge in [0.1, 0.15) is 5.75 Å². The van der Waals surface area contributed by atoms with Gasteiger partial charge >= 0.3 is 0 Å². The first-order valence-electron chi connectivity index (χ1n) is 5.92. The van der Waals surface area contributed by atoms with Gasteiger partial charge in [0.2, 0.25) is 0 Å². The summed E-state index contributed by atoms with van der Waals surface area (Å²) >= 11 is 0. The Morgan fingerprint density at radius 1 is 1.00 bits per heavy atom. The lowest BCUT2D eigenvalue weighted by Crippen LogP contribution is -2.18. The Labute approximate surface area is 111 Å². The Hall–Kier alpha value is -1.94. The molecule has 0 fully saturated rings. The van der Waals surface area contributed by atoms with Gasteiger partial charge in [0.05, 0.1) is 13.2 Å². The number of hydrogen-bond donors (Lipinski definition) is 1. The predicted molar refractivity (Wildman–Crippen MR) is 70.3 cm³/mol. The van der Waals surface area contributed by atoms with Gasteiger partial charge in [-0.3, -0.25) is 0 Å². The lowest BCUT2D eigenvalue weighted by atomic mass is 9.98. The van der Waals surface area contributed by atoms with Crippen LogP contribution < -0.4 is 10.1 Å². The Morgan fingerprint density at radius 2 is 1.74 bits per heavy atom. The Morgan fingerprint density at radius 3 is 2.37 bits per heavy atom. The van der Waals surface area contributed by atoms with Crippen LogP contribution in [0.15, 0.2) is 42.5 Å². The summed E-state index contributed by atoms with van der Waals surface area (Å²) in [6.07, 6.45) is 0. The molecule has 4 heteroatoms. The van der Waals surface area contributed by atoms with Crippen LogP contribution in [0.3, 0.4) is 0 Å². The lowest BCUT2D eigenvalue weighted by molar-refractivity contribution is 0.413. The molecule has 2 aromatic rings. The van der Waals surface area contributed by atoms with Crippen LogP contribution in [0.25, 0.3) is 0 Å². The van der Waals surface area contributed by atoms with Gasteiger partial charge in [-0.15, -0.1) is 0 Å². The number of rotatable bonds is 4. The van der Waals surface area contributed by atoms with E-state index in [1.807, 2.05) is 24.3 Å². The van der Waals surface area contributed by atoms with Crippen molar-refractivity contribution in [3.05, 3.63) is 65.2 Å². The Bertz CT molecular complexity index is 572. The van der Waals surface area contributed by atoms with Crippen LogP contribution in [0.5, 0.6) is 5.75 Å². The summed E-state index contributed by atoms with van der Waals surface area (Å²) in [6, 6.07) is 11.2. The van der Waals surface area contributed by atoms with E-state index in [1.54, 1.807) is 20.2 Å². The molecule has 0 radical (unpaired) electrons. The molecule has 0 bridgehead atoms. The second kappa shape index (κ2) is 5.80. The number of halogens is 2. The highest BCUT2D eigenvalue weighted by Gasteiger charge is 2.14. The van der Waals surface area contributed by atoms with E-state index < -0.39 is 11.6 Å². The molecule has 0 aliphatic heterocycles. The van der Waals surface area contributed by atoms with Gasteiger partial charge in [0, 0.05) is 0 Å². The maximum Gasteiger partial charge on any atom is 0.159 e. The highest BCUT2D eigenvalue weighted by molar-refractivity contribution is 5.36. The molecule has 0 aromatic heterocycles. The number of benzene rings is 2. The lowest BCUT2D eigenvalue weighted by Gasteiger charge is -2.18. The average Bonchev–Trinajstić information content (AvgIpc) is 2.44. The SMILES string of the molecule is CNC(c1cccc(OC)c1)c1ccc(F)c(F)c1. The number of hydrogen-bond acceptors (Lipinski definition) is 2. The fourth-order valence-corrected chi connectivity index (χ4v) is 2.04. The van der Waals surface area contributed by atoms with Gasteiger partial charge in [-0.2, -0.15) is 0 Å². The first-order valence-corrected chi connectivity index (χ1v) is 5.92.